The average Bonchev–Trinajstić information content (AvgIpc) is 2.58. The normalized spacial score (nSPS) is 17.4. The molecular formula is C19H31NO4S. The fraction of sp³-hybridized carbons (Fsp3) is 0.684. The summed E-state index contributed by atoms with van der Waals surface area (Å²) in [6, 6.07) is 8.28. The number of nitrogens with one attached hydrogen (secondary N) is 1. The third kappa shape index (κ3) is 8.21. The molecule has 1 aliphatic carbocycles. The van der Waals surface area contributed by atoms with Crippen LogP contribution >= 0.6 is 0 Å². The van der Waals surface area contributed by atoms with Crippen LogP contribution in [0.2, 0.25) is 0 Å². The maximum atomic E-state index is 10.7. The van der Waals surface area contributed by atoms with Crippen molar-refractivity contribution in [3.63, 3.8) is 0 Å². The van der Waals surface area contributed by atoms with Crippen LogP contribution in [0, 0.1) is 5.92 Å². The number of benzene rings is 1. The fourth-order valence-corrected chi connectivity index (χ4v) is 3.99. The minimum atomic E-state index is -3.92. The van der Waals surface area contributed by atoms with Crippen molar-refractivity contribution in [3.05, 3.63) is 29.8 Å². The minimum Gasteiger partial charge on any atom is -0.493 e. The summed E-state index contributed by atoms with van der Waals surface area (Å²) in [6.07, 6.45) is 8.35. The summed E-state index contributed by atoms with van der Waals surface area (Å²) < 4.78 is 35.9. The lowest BCUT2D eigenvalue weighted by Gasteiger charge is -2.25. The second-order valence-corrected chi connectivity index (χ2v) is 8.69. The molecule has 0 heterocycles. The largest absolute Gasteiger partial charge is 0.493 e. The molecule has 6 heteroatoms. The van der Waals surface area contributed by atoms with Crippen molar-refractivity contribution in [1.82, 2.24) is 5.32 Å². The van der Waals surface area contributed by atoms with Gasteiger partial charge in [0.15, 0.2) is 0 Å². The van der Waals surface area contributed by atoms with Gasteiger partial charge in [-0.2, -0.15) is 8.42 Å². The molecule has 1 aromatic rings. The van der Waals surface area contributed by atoms with E-state index in [9.17, 15) is 8.42 Å². The summed E-state index contributed by atoms with van der Waals surface area (Å²) in [5.74, 6) is 1.35. The standard InChI is InChI=1S/C19H31NO4S/c1-16(14-17-8-3-2-4-9-17)20-15-18-10-5-6-11-19(18)24-12-7-13-25(21,22)23/h5-6,10-11,16-17,20H,2-4,7-9,12-15H2,1H3,(H,21,22,23). The van der Waals surface area contributed by atoms with Crippen LogP contribution < -0.4 is 10.1 Å². The molecule has 0 saturated heterocycles. The lowest BCUT2D eigenvalue weighted by molar-refractivity contribution is 0.299. The fourth-order valence-electron chi connectivity index (χ4n) is 3.50. The van der Waals surface area contributed by atoms with E-state index in [1.807, 2.05) is 24.3 Å². The second kappa shape index (κ2) is 10.1. The lowest BCUT2D eigenvalue weighted by atomic mass is 9.85. The van der Waals surface area contributed by atoms with Gasteiger partial charge < -0.3 is 10.1 Å². The quantitative estimate of drug-likeness (QED) is 0.485. The van der Waals surface area contributed by atoms with Crippen molar-refractivity contribution in [2.24, 2.45) is 5.92 Å². The molecule has 1 unspecified atom stereocenters. The van der Waals surface area contributed by atoms with Crippen LogP contribution in [-0.4, -0.2) is 31.4 Å². The van der Waals surface area contributed by atoms with E-state index in [0.29, 0.717) is 6.04 Å². The minimum absolute atomic E-state index is 0.272. The van der Waals surface area contributed by atoms with Crippen LogP contribution in [0.1, 0.15) is 57.4 Å². The Kier molecular flexibility index (Phi) is 8.19. The zero-order valence-electron chi connectivity index (χ0n) is 15.1. The predicted molar refractivity (Wildman–Crippen MR) is 100 cm³/mol. The molecule has 1 fully saturated rings. The average molecular weight is 370 g/mol. The van der Waals surface area contributed by atoms with Crippen molar-refractivity contribution in [1.29, 1.82) is 0 Å². The molecule has 5 nitrogen and oxygen atoms in total. The van der Waals surface area contributed by atoms with Crippen molar-refractivity contribution in [2.45, 2.75) is 64.5 Å². The Hall–Kier alpha value is -1.11. The second-order valence-electron chi connectivity index (χ2n) is 7.12. The topological polar surface area (TPSA) is 75.6 Å². The summed E-state index contributed by atoms with van der Waals surface area (Å²) in [5, 5.41) is 3.59. The summed E-state index contributed by atoms with van der Waals surface area (Å²) >= 11 is 0. The number of hydrogen-bond acceptors (Lipinski definition) is 4. The van der Waals surface area contributed by atoms with Crippen LogP contribution in [-0.2, 0) is 16.7 Å². The molecule has 142 valence electrons. The third-order valence-electron chi connectivity index (χ3n) is 4.83. The van der Waals surface area contributed by atoms with Crippen molar-refractivity contribution >= 4 is 10.1 Å². The Labute approximate surface area is 151 Å². The van der Waals surface area contributed by atoms with E-state index >= 15 is 0 Å². The molecule has 2 N–H and O–H groups in total. The van der Waals surface area contributed by atoms with E-state index in [4.69, 9.17) is 9.29 Å². The van der Waals surface area contributed by atoms with Crippen LogP contribution in [0.15, 0.2) is 24.3 Å². The molecule has 0 spiro atoms. The first-order chi connectivity index (χ1) is 11.9. The molecular weight excluding hydrogens is 338 g/mol. The zero-order chi connectivity index (χ0) is 18.1. The molecule has 0 aromatic heterocycles. The first-order valence-corrected chi connectivity index (χ1v) is 10.9. The highest BCUT2D eigenvalue weighted by molar-refractivity contribution is 7.85. The highest BCUT2D eigenvalue weighted by atomic mass is 32.2. The number of para-hydroxylation sites is 1. The van der Waals surface area contributed by atoms with Gasteiger partial charge in [0.1, 0.15) is 5.75 Å². The summed E-state index contributed by atoms with van der Waals surface area (Å²) in [7, 11) is -3.92. The number of rotatable bonds is 10. The molecule has 0 bridgehead atoms. The Morgan fingerprint density at radius 3 is 2.68 bits per heavy atom. The molecule has 1 atom stereocenters. The van der Waals surface area contributed by atoms with Gasteiger partial charge in [-0.25, -0.2) is 0 Å². The summed E-state index contributed by atoms with van der Waals surface area (Å²) in [6.45, 7) is 3.25. The summed E-state index contributed by atoms with van der Waals surface area (Å²) in [5.41, 5.74) is 1.07. The van der Waals surface area contributed by atoms with E-state index in [2.05, 4.69) is 12.2 Å². The number of hydrogen-bond donors (Lipinski definition) is 2. The van der Waals surface area contributed by atoms with Gasteiger partial charge in [0.05, 0.1) is 12.4 Å². The van der Waals surface area contributed by atoms with Crippen LogP contribution in [0.25, 0.3) is 0 Å². The van der Waals surface area contributed by atoms with E-state index in [1.54, 1.807) is 0 Å². The van der Waals surface area contributed by atoms with Gasteiger partial charge in [-0.05, 0) is 31.7 Å². The van der Waals surface area contributed by atoms with Crippen molar-refractivity contribution in [2.75, 3.05) is 12.4 Å². The van der Waals surface area contributed by atoms with Gasteiger partial charge in [0.2, 0.25) is 0 Å². The van der Waals surface area contributed by atoms with Crippen molar-refractivity contribution in [3.8, 4) is 5.75 Å². The van der Waals surface area contributed by atoms with Gasteiger partial charge in [-0.3, -0.25) is 4.55 Å². The molecule has 1 aromatic carbocycles. The maximum absolute atomic E-state index is 10.7. The lowest BCUT2D eigenvalue weighted by Crippen LogP contribution is -2.28. The molecule has 2 rings (SSSR count). The van der Waals surface area contributed by atoms with E-state index in [0.717, 1.165) is 23.8 Å². The van der Waals surface area contributed by atoms with Gasteiger partial charge >= 0.3 is 0 Å². The molecule has 0 aliphatic heterocycles. The smallest absolute Gasteiger partial charge is 0.264 e. The highest BCUT2D eigenvalue weighted by Crippen LogP contribution is 2.27. The van der Waals surface area contributed by atoms with Gasteiger partial charge in [-0.15, -0.1) is 0 Å². The van der Waals surface area contributed by atoms with Gasteiger partial charge in [0.25, 0.3) is 10.1 Å². The zero-order valence-corrected chi connectivity index (χ0v) is 15.9. The highest BCUT2D eigenvalue weighted by Gasteiger charge is 2.16. The van der Waals surface area contributed by atoms with E-state index in [-0.39, 0.29) is 18.8 Å². The Bertz CT molecular complexity index is 612. The van der Waals surface area contributed by atoms with Crippen LogP contribution in [0.3, 0.4) is 0 Å². The molecule has 0 amide bonds. The maximum Gasteiger partial charge on any atom is 0.264 e. The van der Waals surface area contributed by atoms with Gasteiger partial charge in [-0.1, -0.05) is 50.3 Å². The van der Waals surface area contributed by atoms with Crippen LogP contribution in [0.5, 0.6) is 5.75 Å². The summed E-state index contributed by atoms with van der Waals surface area (Å²) in [4.78, 5) is 0. The van der Waals surface area contributed by atoms with Gasteiger partial charge in [0, 0.05) is 18.2 Å². The number of ether oxygens (including phenoxy) is 1. The Morgan fingerprint density at radius 2 is 1.96 bits per heavy atom. The molecule has 1 aliphatic rings. The first-order valence-electron chi connectivity index (χ1n) is 9.33. The molecule has 1 saturated carbocycles. The van der Waals surface area contributed by atoms with Crippen molar-refractivity contribution < 1.29 is 17.7 Å². The van der Waals surface area contributed by atoms with Crippen LogP contribution in [0.4, 0.5) is 0 Å². The third-order valence-corrected chi connectivity index (χ3v) is 5.63. The molecule has 25 heavy (non-hydrogen) atoms. The predicted octanol–water partition coefficient (Wildman–Crippen LogP) is 3.79. The Balaban J connectivity index is 1.77. The van der Waals surface area contributed by atoms with E-state index < -0.39 is 10.1 Å². The monoisotopic (exact) mass is 369 g/mol. The first kappa shape index (κ1) is 20.2. The molecule has 0 radical (unpaired) electrons. The SMILES string of the molecule is CC(CC1CCCCC1)NCc1ccccc1OCCCS(=O)(=O)O. The van der Waals surface area contributed by atoms with E-state index in [1.165, 1.54) is 38.5 Å². The Morgan fingerprint density at radius 1 is 1.24 bits per heavy atom.